The fourth-order valence-corrected chi connectivity index (χ4v) is 2.88. The normalized spacial score (nSPS) is 26.5. The summed E-state index contributed by atoms with van der Waals surface area (Å²) in [5.41, 5.74) is 0. The third-order valence-corrected chi connectivity index (χ3v) is 4.13. The second kappa shape index (κ2) is 4.92. The minimum Gasteiger partial charge on any atom is -0.360 e. The molecule has 4 heteroatoms. The number of nitrogens with one attached hydrogen (secondary N) is 1. The van der Waals surface area contributed by atoms with Crippen LogP contribution in [0.1, 0.15) is 37.6 Å². The highest BCUT2D eigenvalue weighted by atomic mass is 32.1. The predicted octanol–water partition coefficient (Wildman–Crippen LogP) is 3.08. The van der Waals surface area contributed by atoms with Crippen LogP contribution in [-0.2, 0) is 0 Å². The summed E-state index contributed by atoms with van der Waals surface area (Å²) in [4.78, 5) is 0. The molecule has 3 nitrogen and oxygen atoms in total. The van der Waals surface area contributed by atoms with Crippen molar-refractivity contribution in [1.82, 2.24) is 10.2 Å². The Bertz CT molecular complexity index is 311. The van der Waals surface area contributed by atoms with Gasteiger partial charge >= 0.3 is 0 Å². The number of aromatic nitrogens is 2. The summed E-state index contributed by atoms with van der Waals surface area (Å²) in [6, 6.07) is 0. The number of hydrogen-bond acceptors (Lipinski definition) is 4. The summed E-state index contributed by atoms with van der Waals surface area (Å²) < 4.78 is 0. The summed E-state index contributed by atoms with van der Waals surface area (Å²) in [6.45, 7) is 5.43. The van der Waals surface area contributed by atoms with Gasteiger partial charge in [0.1, 0.15) is 5.01 Å². The fraction of sp³-hybridized carbons (Fsp3) is 0.818. The van der Waals surface area contributed by atoms with E-state index < -0.39 is 0 Å². The summed E-state index contributed by atoms with van der Waals surface area (Å²) in [5.74, 6) is 1.68. The van der Waals surface area contributed by atoms with Gasteiger partial charge in [-0.15, -0.1) is 10.2 Å². The molecular weight excluding hydrogens is 206 g/mol. The average Bonchev–Trinajstić information content (AvgIpc) is 2.63. The lowest BCUT2D eigenvalue weighted by Crippen LogP contribution is -2.24. The lowest BCUT2D eigenvalue weighted by atomic mass is 9.80. The van der Waals surface area contributed by atoms with Gasteiger partial charge in [0.2, 0.25) is 5.13 Å². The van der Waals surface area contributed by atoms with Gasteiger partial charge in [-0.05, 0) is 25.2 Å². The Hall–Kier alpha value is -0.640. The van der Waals surface area contributed by atoms with Crippen LogP contribution in [0.15, 0.2) is 0 Å². The highest BCUT2D eigenvalue weighted by Crippen LogP contribution is 2.29. The van der Waals surface area contributed by atoms with Crippen molar-refractivity contribution >= 4 is 16.5 Å². The van der Waals surface area contributed by atoms with Crippen molar-refractivity contribution < 1.29 is 0 Å². The van der Waals surface area contributed by atoms with Crippen LogP contribution in [0.2, 0.25) is 0 Å². The van der Waals surface area contributed by atoms with Gasteiger partial charge in [0.25, 0.3) is 0 Å². The molecule has 2 rings (SSSR count). The first-order valence-corrected chi connectivity index (χ1v) is 6.61. The SMILES string of the molecule is Cc1nnc(NCC2CCCCC2C)s1. The maximum Gasteiger partial charge on any atom is 0.205 e. The van der Waals surface area contributed by atoms with Gasteiger partial charge in [-0.3, -0.25) is 0 Å². The van der Waals surface area contributed by atoms with E-state index in [2.05, 4.69) is 22.4 Å². The third-order valence-electron chi connectivity index (χ3n) is 3.33. The predicted molar refractivity (Wildman–Crippen MR) is 64.3 cm³/mol. The molecule has 0 bridgehead atoms. The molecule has 1 aliphatic carbocycles. The number of nitrogens with zero attached hydrogens (tertiary/aromatic N) is 2. The van der Waals surface area contributed by atoms with E-state index in [0.717, 1.165) is 28.5 Å². The summed E-state index contributed by atoms with van der Waals surface area (Å²) in [6.07, 6.45) is 5.56. The van der Waals surface area contributed by atoms with Gasteiger partial charge in [0.15, 0.2) is 0 Å². The maximum atomic E-state index is 4.08. The van der Waals surface area contributed by atoms with E-state index in [1.54, 1.807) is 11.3 Å². The number of anilines is 1. The van der Waals surface area contributed by atoms with Crippen LogP contribution in [0.25, 0.3) is 0 Å². The smallest absolute Gasteiger partial charge is 0.205 e. The summed E-state index contributed by atoms with van der Waals surface area (Å²) in [7, 11) is 0. The molecular formula is C11H19N3S. The van der Waals surface area contributed by atoms with Crippen LogP contribution in [0.5, 0.6) is 0 Å². The zero-order chi connectivity index (χ0) is 10.7. The Labute approximate surface area is 95.3 Å². The van der Waals surface area contributed by atoms with Crippen LogP contribution in [0, 0.1) is 18.8 Å². The van der Waals surface area contributed by atoms with Crippen molar-refractivity contribution in [2.75, 3.05) is 11.9 Å². The van der Waals surface area contributed by atoms with E-state index in [9.17, 15) is 0 Å². The van der Waals surface area contributed by atoms with Gasteiger partial charge < -0.3 is 5.32 Å². The molecule has 0 radical (unpaired) electrons. The van der Waals surface area contributed by atoms with Crippen molar-refractivity contribution in [2.45, 2.75) is 39.5 Å². The second-order valence-corrected chi connectivity index (χ2v) is 5.71. The van der Waals surface area contributed by atoms with E-state index in [4.69, 9.17) is 0 Å². The Morgan fingerprint density at radius 1 is 1.33 bits per heavy atom. The van der Waals surface area contributed by atoms with Crippen LogP contribution in [0.3, 0.4) is 0 Å². The van der Waals surface area contributed by atoms with Crippen molar-refractivity contribution in [3.8, 4) is 0 Å². The van der Waals surface area contributed by atoms with E-state index in [1.165, 1.54) is 25.7 Å². The first-order chi connectivity index (χ1) is 7.25. The average molecular weight is 225 g/mol. The first-order valence-electron chi connectivity index (χ1n) is 5.79. The number of hydrogen-bond donors (Lipinski definition) is 1. The Balaban J connectivity index is 1.81. The maximum absolute atomic E-state index is 4.08. The third kappa shape index (κ3) is 2.91. The second-order valence-electron chi connectivity index (χ2n) is 4.53. The largest absolute Gasteiger partial charge is 0.360 e. The van der Waals surface area contributed by atoms with E-state index >= 15 is 0 Å². The Morgan fingerprint density at radius 2 is 2.13 bits per heavy atom. The summed E-state index contributed by atoms with van der Waals surface area (Å²) >= 11 is 1.64. The standard InChI is InChI=1S/C11H19N3S/c1-8-5-3-4-6-10(8)7-12-11-14-13-9(2)15-11/h8,10H,3-7H2,1-2H3,(H,12,14). The van der Waals surface area contributed by atoms with Crippen molar-refractivity contribution in [2.24, 2.45) is 11.8 Å². The number of rotatable bonds is 3. The van der Waals surface area contributed by atoms with Crippen LogP contribution >= 0.6 is 11.3 Å². The molecule has 0 aliphatic heterocycles. The Morgan fingerprint density at radius 3 is 2.80 bits per heavy atom. The molecule has 15 heavy (non-hydrogen) atoms. The first kappa shape index (κ1) is 10.9. The van der Waals surface area contributed by atoms with Gasteiger partial charge in [0, 0.05) is 6.54 Å². The van der Waals surface area contributed by atoms with Gasteiger partial charge in [-0.1, -0.05) is 37.5 Å². The van der Waals surface area contributed by atoms with Gasteiger partial charge in [-0.2, -0.15) is 0 Å². The molecule has 1 aliphatic rings. The highest BCUT2D eigenvalue weighted by Gasteiger charge is 2.21. The summed E-state index contributed by atoms with van der Waals surface area (Å²) in [5, 5.41) is 13.5. The lowest BCUT2D eigenvalue weighted by molar-refractivity contribution is 0.268. The lowest BCUT2D eigenvalue weighted by Gasteiger charge is -2.28. The quantitative estimate of drug-likeness (QED) is 0.859. The van der Waals surface area contributed by atoms with Gasteiger partial charge in [0.05, 0.1) is 0 Å². The topological polar surface area (TPSA) is 37.8 Å². The molecule has 0 aromatic carbocycles. The fourth-order valence-electron chi connectivity index (χ4n) is 2.28. The van der Waals surface area contributed by atoms with Crippen LogP contribution in [-0.4, -0.2) is 16.7 Å². The highest BCUT2D eigenvalue weighted by molar-refractivity contribution is 7.15. The monoisotopic (exact) mass is 225 g/mol. The van der Waals surface area contributed by atoms with E-state index in [-0.39, 0.29) is 0 Å². The zero-order valence-corrected chi connectivity index (χ0v) is 10.3. The van der Waals surface area contributed by atoms with Crippen LogP contribution in [0.4, 0.5) is 5.13 Å². The molecule has 84 valence electrons. The molecule has 1 N–H and O–H groups in total. The molecule has 1 aromatic heterocycles. The molecule has 1 fully saturated rings. The minimum absolute atomic E-state index is 0.822. The molecule has 1 aromatic rings. The molecule has 1 saturated carbocycles. The molecule has 2 unspecified atom stereocenters. The molecule has 0 spiro atoms. The zero-order valence-electron chi connectivity index (χ0n) is 9.49. The van der Waals surface area contributed by atoms with Crippen LogP contribution < -0.4 is 5.32 Å². The molecule has 0 amide bonds. The number of aryl methyl sites for hydroxylation is 1. The van der Waals surface area contributed by atoms with Crippen molar-refractivity contribution in [3.63, 3.8) is 0 Å². The molecule has 1 heterocycles. The van der Waals surface area contributed by atoms with Crippen molar-refractivity contribution in [1.29, 1.82) is 0 Å². The minimum atomic E-state index is 0.822. The molecule has 0 saturated heterocycles. The van der Waals surface area contributed by atoms with E-state index in [1.807, 2.05) is 6.92 Å². The molecule has 2 atom stereocenters. The Kier molecular flexibility index (Phi) is 3.57. The van der Waals surface area contributed by atoms with Gasteiger partial charge in [-0.25, -0.2) is 0 Å². The van der Waals surface area contributed by atoms with E-state index in [0.29, 0.717) is 0 Å². The van der Waals surface area contributed by atoms with Crippen molar-refractivity contribution in [3.05, 3.63) is 5.01 Å².